The lowest BCUT2D eigenvalue weighted by Crippen LogP contribution is -2.10. The number of nitrogens with zero attached hydrogens (tertiary/aromatic N) is 2. The average molecular weight is 228 g/mol. The van der Waals surface area contributed by atoms with E-state index in [9.17, 15) is 0 Å². The van der Waals surface area contributed by atoms with Gasteiger partial charge in [0.05, 0.1) is 5.69 Å². The molecule has 0 aliphatic rings. The Balaban J connectivity index is 2.63. The van der Waals surface area contributed by atoms with E-state index >= 15 is 0 Å². The van der Waals surface area contributed by atoms with Crippen molar-refractivity contribution in [2.24, 2.45) is 5.73 Å². The van der Waals surface area contributed by atoms with Crippen molar-refractivity contribution in [3.05, 3.63) is 41.5 Å². The zero-order valence-corrected chi connectivity index (χ0v) is 10.0. The van der Waals surface area contributed by atoms with Gasteiger partial charge in [-0.2, -0.15) is 0 Å². The van der Waals surface area contributed by atoms with Gasteiger partial charge in [0, 0.05) is 17.2 Å². The van der Waals surface area contributed by atoms with Crippen LogP contribution in [0.1, 0.15) is 24.1 Å². The molecule has 1 atom stereocenters. The third-order valence-electron chi connectivity index (χ3n) is 2.73. The molecule has 0 fully saturated rings. The molecule has 4 N–H and O–H groups in total. The van der Waals surface area contributed by atoms with Crippen molar-refractivity contribution in [1.82, 2.24) is 10.2 Å². The molecule has 4 heteroatoms. The minimum absolute atomic E-state index is 0.123. The van der Waals surface area contributed by atoms with E-state index < -0.39 is 0 Å². The fraction of sp³-hybridized carbons (Fsp3) is 0.231. The van der Waals surface area contributed by atoms with E-state index in [1.165, 1.54) is 0 Å². The lowest BCUT2D eigenvalue weighted by molar-refractivity contribution is 0.806. The monoisotopic (exact) mass is 228 g/mol. The number of benzene rings is 1. The molecule has 0 unspecified atom stereocenters. The van der Waals surface area contributed by atoms with Crippen LogP contribution in [-0.4, -0.2) is 10.2 Å². The Hall–Kier alpha value is -1.94. The third-order valence-corrected chi connectivity index (χ3v) is 2.73. The zero-order chi connectivity index (χ0) is 12.4. The Morgan fingerprint density at radius 3 is 2.53 bits per heavy atom. The highest BCUT2D eigenvalue weighted by atomic mass is 15.1. The highest BCUT2D eigenvalue weighted by molar-refractivity contribution is 5.67. The molecule has 88 valence electrons. The van der Waals surface area contributed by atoms with E-state index in [4.69, 9.17) is 11.5 Å². The molecule has 0 aliphatic heterocycles. The minimum Gasteiger partial charge on any atom is -0.382 e. The summed E-state index contributed by atoms with van der Waals surface area (Å²) in [5.41, 5.74) is 15.5. The molecule has 0 spiro atoms. The van der Waals surface area contributed by atoms with Crippen LogP contribution in [0.5, 0.6) is 0 Å². The van der Waals surface area contributed by atoms with Gasteiger partial charge in [-0.3, -0.25) is 0 Å². The molecule has 2 rings (SSSR count). The first-order chi connectivity index (χ1) is 8.09. The highest BCUT2D eigenvalue weighted by Crippen LogP contribution is 2.27. The van der Waals surface area contributed by atoms with Crippen molar-refractivity contribution in [3.8, 4) is 11.3 Å². The summed E-state index contributed by atoms with van der Waals surface area (Å²) in [6.45, 7) is 3.95. The van der Waals surface area contributed by atoms with Crippen LogP contribution in [-0.2, 0) is 0 Å². The van der Waals surface area contributed by atoms with Crippen LogP contribution in [0.15, 0.2) is 30.3 Å². The Bertz CT molecular complexity index is 535. The summed E-state index contributed by atoms with van der Waals surface area (Å²) in [5.74, 6) is 0.398. The SMILES string of the molecule is Cc1ccccc1-c1nnc(N)cc1[C@H](C)N. The molecule has 0 saturated carbocycles. The van der Waals surface area contributed by atoms with Gasteiger partial charge < -0.3 is 11.5 Å². The third kappa shape index (κ3) is 2.26. The van der Waals surface area contributed by atoms with Crippen LogP contribution in [0.4, 0.5) is 5.82 Å². The van der Waals surface area contributed by atoms with Gasteiger partial charge in [-0.05, 0) is 25.5 Å². The lowest BCUT2D eigenvalue weighted by Gasteiger charge is -2.13. The van der Waals surface area contributed by atoms with E-state index in [1.54, 1.807) is 6.07 Å². The largest absolute Gasteiger partial charge is 0.382 e. The standard InChI is InChI=1S/C13H16N4/c1-8-5-3-4-6-10(8)13-11(9(2)14)7-12(15)16-17-13/h3-7,9H,14H2,1-2H3,(H2,15,16)/t9-/m0/s1. The zero-order valence-electron chi connectivity index (χ0n) is 10.0. The first-order valence-corrected chi connectivity index (χ1v) is 5.54. The Labute approximate surface area is 101 Å². The van der Waals surface area contributed by atoms with Gasteiger partial charge in [-0.15, -0.1) is 10.2 Å². The van der Waals surface area contributed by atoms with Crippen LogP contribution in [0.25, 0.3) is 11.3 Å². The molecule has 0 bridgehead atoms. The summed E-state index contributed by atoms with van der Waals surface area (Å²) in [6, 6.07) is 9.70. The molecule has 1 aromatic carbocycles. The molecule has 0 amide bonds. The maximum absolute atomic E-state index is 5.95. The Morgan fingerprint density at radius 2 is 1.88 bits per heavy atom. The fourth-order valence-corrected chi connectivity index (χ4v) is 1.82. The van der Waals surface area contributed by atoms with Crippen LogP contribution in [0.2, 0.25) is 0 Å². The lowest BCUT2D eigenvalue weighted by atomic mass is 9.98. The summed E-state index contributed by atoms with van der Waals surface area (Å²) in [7, 11) is 0. The predicted molar refractivity (Wildman–Crippen MR) is 69.2 cm³/mol. The number of nitrogen functional groups attached to an aromatic ring is 1. The summed E-state index contributed by atoms with van der Waals surface area (Å²) in [4.78, 5) is 0. The molecule has 0 radical (unpaired) electrons. The molecule has 0 saturated heterocycles. The number of nitrogens with two attached hydrogens (primary N) is 2. The summed E-state index contributed by atoms with van der Waals surface area (Å²) in [6.07, 6.45) is 0. The maximum Gasteiger partial charge on any atom is 0.146 e. The van der Waals surface area contributed by atoms with E-state index in [0.717, 1.165) is 22.4 Å². The summed E-state index contributed by atoms with van der Waals surface area (Å²) >= 11 is 0. The van der Waals surface area contributed by atoms with Crippen molar-refractivity contribution in [3.63, 3.8) is 0 Å². The van der Waals surface area contributed by atoms with Gasteiger partial charge in [0.15, 0.2) is 0 Å². The van der Waals surface area contributed by atoms with Crippen LogP contribution in [0.3, 0.4) is 0 Å². The second kappa shape index (κ2) is 4.51. The van der Waals surface area contributed by atoms with Gasteiger partial charge in [-0.1, -0.05) is 24.3 Å². The maximum atomic E-state index is 5.95. The minimum atomic E-state index is -0.123. The van der Waals surface area contributed by atoms with E-state index in [1.807, 2.05) is 38.1 Å². The van der Waals surface area contributed by atoms with Crippen LogP contribution in [0, 0.1) is 6.92 Å². The molecule has 0 aliphatic carbocycles. The highest BCUT2D eigenvalue weighted by Gasteiger charge is 2.13. The first-order valence-electron chi connectivity index (χ1n) is 5.54. The van der Waals surface area contributed by atoms with Gasteiger partial charge in [0.2, 0.25) is 0 Å². The molecular weight excluding hydrogens is 212 g/mol. The molecule has 1 heterocycles. The van der Waals surface area contributed by atoms with Crippen LogP contribution < -0.4 is 11.5 Å². The number of aryl methyl sites for hydroxylation is 1. The fourth-order valence-electron chi connectivity index (χ4n) is 1.82. The average Bonchev–Trinajstić information content (AvgIpc) is 2.30. The normalized spacial score (nSPS) is 12.4. The van der Waals surface area contributed by atoms with Crippen molar-refractivity contribution in [2.45, 2.75) is 19.9 Å². The van der Waals surface area contributed by atoms with Crippen LogP contribution >= 0.6 is 0 Å². The van der Waals surface area contributed by atoms with Crippen molar-refractivity contribution in [2.75, 3.05) is 5.73 Å². The quantitative estimate of drug-likeness (QED) is 0.824. The molecule has 2 aromatic rings. The summed E-state index contributed by atoms with van der Waals surface area (Å²) in [5, 5.41) is 8.09. The van der Waals surface area contributed by atoms with Crippen molar-refractivity contribution < 1.29 is 0 Å². The summed E-state index contributed by atoms with van der Waals surface area (Å²) < 4.78 is 0. The number of hydrogen-bond donors (Lipinski definition) is 2. The van der Waals surface area contributed by atoms with E-state index in [0.29, 0.717) is 5.82 Å². The van der Waals surface area contributed by atoms with Gasteiger partial charge >= 0.3 is 0 Å². The topological polar surface area (TPSA) is 77.8 Å². The number of aromatic nitrogens is 2. The second-order valence-corrected chi connectivity index (χ2v) is 4.18. The molecule has 4 nitrogen and oxygen atoms in total. The number of hydrogen-bond acceptors (Lipinski definition) is 4. The molecule has 17 heavy (non-hydrogen) atoms. The molecule has 1 aromatic heterocycles. The van der Waals surface area contributed by atoms with E-state index in [-0.39, 0.29) is 6.04 Å². The van der Waals surface area contributed by atoms with Gasteiger partial charge in [-0.25, -0.2) is 0 Å². The van der Waals surface area contributed by atoms with Gasteiger partial charge in [0.1, 0.15) is 5.82 Å². The smallest absolute Gasteiger partial charge is 0.146 e. The van der Waals surface area contributed by atoms with Crippen molar-refractivity contribution >= 4 is 5.82 Å². The Morgan fingerprint density at radius 1 is 1.18 bits per heavy atom. The predicted octanol–water partition coefficient (Wildman–Crippen LogP) is 2.05. The Kier molecular flexibility index (Phi) is 3.06. The molecular formula is C13H16N4. The number of anilines is 1. The van der Waals surface area contributed by atoms with Crippen molar-refractivity contribution in [1.29, 1.82) is 0 Å². The van der Waals surface area contributed by atoms with Gasteiger partial charge in [0.25, 0.3) is 0 Å². The number of rotatable bonds is 2. The first kappa shape index (κ1) is 11.5. The second-order valence-electron chi connectivity index (χ2n) is 4.18. The van der Waals surface area contributed by atoms with E-state index in [2.05, 4.69) is 10.2 Å².